The first-order chi connectivity index (χ1) is 12.7. The molecule has 0 aromatic heterocycles. The highest BCUT2D eigenvalue weighted by molar-refractivity contribution is 5.79. The van der Waals surface area contributed by atoms with Crippen molar-refractivity contribution in [3.63, 3.8) is 0 Å². The summed E-state index contributed by atoms with van der Waals surface area (Å²) in [5.41, 5.74) is 4.55. The molecule has 0 spiro atoms. The van der Waals surface area contributed by atoms with Crippen molar-refractivity contribution in [2.24, 2.45) is 0 Å². The van der Waals surface area contributed by atoms with Crippen molar-refractivity contribution in [1.82, 2.24) is 5.32 Å². The van der Waals surface area contributed by atoms with Crippen LogP contribution >= 0.6 is 0 Å². The Morgan fingerprint density at radius 1 is 1.12 bits per heavy atom. The second-order valence-corrected chi connectivity index (χ2v) is 6.78. The van der Waals surface area contributed by atoms with Crippen LogP contribution in [0.2, 0.25) is 0 Å². The van der Waals surface area contributed by atoms with E-state index in [1.807, 2.05) is 24.3 Å². The number of hydrogen-bond acceptors (Lipinski definition) is 4. The molecule has 1 aliphatic carbocycles. The van der Waals surface area contributed by atoms with Crippen LogP contribution in [0.25, 0.3) is 0 Å². The topological polar surface area (TPSA) is 56.8 Å². The van der Waals surface area contributed by atoms with Crippen molar-refractivity contribution in [3.05, 3.63) is 52.6 Å². The summed E-state index contributed by atoms with van der Waals surface area (Å²) in [5, 5.41) is 3.17. The van der Waals surface area contributed by atoms with E-state index in [0.717, 1.165) is 48.5 Å². The molecular weight excluding hydrogens is 330 g/mol. The number of carbonyl (C=O) groups is 1. The molecular formula is C21H23NO4. The fraction of sp³-hybridized carbons (Fsp3) is 0.381. The molecule has 0 saturated carbocycles. The van der Waals surface area contributed by atoms with Crippen LogP contribution in [0.1, 0.15) is 34.7 Å². The van der Waals surface area contributed by atoms with E-state index in [9.17, 15) is 4.79 Å². The summed E-state index contributed by atoms with van der Waals surface area (Å²) in [6.07, 6.45) is 3.13. The fourth-order valence-corrected chi connectivity index (χ4v) is 3.86. The van der Waals surface area contributed by atoms with E-state index in [1.165, 1.54) is 11.1 Å². The van der Waals surface area contributed by atoms with Gasteiger partial charge in [0.2, 0.25) is 5.91 Å². The van der Waals surface area contributed by atoms with Crippen LogP contribution < -0.4 is 19.5 Å². The number of benzene rings is 2. The Morgan fingerprint density at radius 3 is 2.73 bits per heavy atom. The number of hydrogen-bond donors (Lipinski definition) is 1. The monoisotopic (exact) mass is 353 g/mol. The maximum absolute atomic E-state index is 12.6. The zero-order chi connectivity index (χ0) is 18.1. The van der Waals surface area contributed by atoms with Gasteiger partial charge < -0.3 is 19.5 Å². The van der Waals surface area contributed by atoms with Gasteiger partial charge in [-0.1, -0.05) is 12.1 Å². The van der Waals surface area contributed by atoms with Crippen LogP contribution in [-0.2, 0) is 24.1 Å². The van der Waals surface area contributed by atoms with Crippen molar-refractivity contribution in [2.45, 2.75) is 31.7 Å². The second-order valence-electron chi connectivity index (χ2n) is 6.78. The molecule has 0 unspecified atom stereocenters. The summed E-state index contributed by atoms with van der Waals surface area (Å²) in [4.78, 5) is 12.6. The van der Waals surface area contributed by atoms with Crippen molar-refractivity contribution in [3.8, 4) is 17.2 Å². The van der Waals surface area contributed by atoms with E-state index in [1.54, 1.807) is 14.2 Å². The molecule has 1 atom stereocenters. The van der Waals surface area contributed by atoms with Crippen LogP contribution in [0.3, 0.4) is 0 Å². The minimum absolute atomic E-state index is 0.0232. The molecule has 4 rings (SSSR count). The van der Waals surface area contributed by atoms with Gasteiger partial charge in [0, 0.05) is 6.42 Å². The highest BCUT2D eigenvalue weighted by Crippen LogP contribution is 2.39. The van der Waals surface area contributed by atoms with E-state index >= 15 is 0 Å². The smallest absolute Gasteiger partial charge is 0.224 e. The van der Waals surface area contributed by atoms with Crippen LogP contribution in [0.5, 0.6) is 17.2 Å². The third-order valence-corrected chi connectivity index (χ3v) is 5.18. The molecule has 0 saturated heterocycles. The molecule has 136 valence electrons. The SMILES string of the molecule is COc1cc2c(cc1OC)[C@H](NC(=O)Cc1ccc3c(c1)CCO3)CC2. The predicted molar refractivity (Wildman–Crippen MR) is 98.1 cm³/mol. The molecule has 0 radical (unpaired) electrons. The fourth-order valence-electron chi connectivity index (χ4n) is 3.86. The van der Waals surface area contributed by atoms with Gasteiger partial charge in [-0.3, -0.25) is 4.79 Å². The van der Waals surface area contributed by atoms with E-state index in [0.29, 0.717) is 12.2 Å². The second kappa shape index (κ2) is 6.90. The third-order valence-electron chi connectivity index (χ3n) is 5.18. The molecule has 5 nitrogen and oxygen atoms in total. The van der Waals surface area contributed by atoms with Gasteiger partial charge in [-0.2, -0.15) is 0 Å². The summed E-state index contributed by atoms with van der Waals surface area (Å²) in [6.45, 7) is 0.731. The highest BCUT2D eigenvalue weighted by atomic mass is 16.5. The minimum atomic E-state index is 0.0232. The number of rotatable bonds is 5. The number of nitrogens with one attached hydrogen (secondary N) is 1. The zero-order valence-electron chi connectivity index (χ0n) is 15.1. The molecule has 1 aliphatic heterocycles. The summed E-state index contributed by atoms with van der Waals surface area (Å²) >= 11 is 0. The molecule has 1 amide bonds. The zero-order valence-corrected chi connectivity index (χ0v) is 15.1. The molecule has 5 heteroatoms. The Balaban J connectivity index is 1.46. The molecule has 2 aromatic rings. The summed E-state index contributed by atoms with van der Waals surface area (Å²) < 4.78 is 16.3. The summed E-state index contributed by atoms with van der Waals surface area (Å²) in [7, 11) is 3.27. The predicted octanol–water partition coefficient (Wildman–Crippen LogP) is 2.98. The van der Waals surface area contributed by atoms with Gasteiger partial charge >= 0.3 is 0 Å². The van der Waals surface area contributed by atoms with Gasteiger partial charge in [0.05, 0.1) is 33.3 Å². The molecule has 0 fully saturated rings. The highest BCUT2D eigenvalue weighted by Gasteiger charge is 2.26. The van der Waals surface area contributed by atoms with Crippen LogP contribution in [0.15, 0.2) is 30.3 Å². The average Bonchev–Trinajstić information content (AvgIpc) is 3.26. The van der Waals surface area contributed by atoms with Crippen LogP contribution in [0, 0.1) is 0 Å². The standard InChI is InChI=1S/C21H23NO4/c1-24-19-11-14-4-5-17(16(14)12-20(19)25-2)22-21(23)10-13-3-6-18-15(9-13)7-8-26-18/h3,6,9,11-12,17H,4-5,7-8,10H2,1-2H3,(H,22,23)/t17-/m1/s1. The number of ether oxygens (including phenoxy) is 3. The number of methoxy groups -OCH3 is 2. The van der Waals surface area contributed by atoms with Gasteiger partial charge in [-0.25, -0.2) is 0 Å². The van der Waals surface area contributed by atoms with E-state index in [2.05, 4.69) is 11.4 Å². The number of carbonyl (C=O) groups excluding carboxylic acids is 1. The Hall–Kier alpha value is -2.69. The molecule has 1 heterocycles. The van der Waals surface area contributed by atoms with Gasteiger partial charge in [0.15, 0.2) is 11.5 Å². The van der Waals surface area contributed by atoms with Gasteiger partial charge in [-0.15, -0.1) is 0 Å². The normalized spacial score (nSPS) is 17.2. The largest absolute Gasteiger partial charge is 0.493 e. The quantitative estimate of drug-likeness (QED) is 0.898. The Labute approximate surface area is 153 Å². The Kier molecular flexibility index (Phi) is 4.45. The first-order valence-electron chi connectivity index (χ1n) is 8.96. The molecule has 1 N–H and O–H groups in total. The van der Waals surface area contributed by atoms with E-state index in [4.69, 9.17) is 14.2 Å². The molecule has 26 heavy (non-hydrogen) atoms. The lowest BCUT2D eigenvalue weighted by Crippen LogP contribution is -2.28. The molecule has 2 aliphatic rings. The molecule has 2 aromatic carbocycles. The van der Waals surface area contributed by atoms with Gasteiger partial charge in [0.1, 0.15) is 5.75 Å². The Morgan fingerprint density at radius 2 is 1.92 bits per heavy atom. The summed E-state index contributed by atoms with van der Waals surface area (Å²) in [5.74, 6) is 2.42. The van der Waals surface area contributed by atoms with Crippen molar-refractivity contribution in [2.75, 3.05) is 20.8 Å². The number of amides is 1. The first kappa shape index (κ1) is 16.8. The van der Waals surface area contributed by atoms with Crippen molar-refractivity contribution < 1.29 is 19.0 Å². The van der Waals surface area contributed by atoms with E-state index in [-0.39, 0.29) is 11.9 Å². The van der Waals surface area contributed by atoms with Crippen molar-refractivity contribution >= 4 is 5.91 Å². The van der Waals surface area contributed by atoms with E-state index < -0.39 is 0 Å². The van der Waals surface area contributed by atoms with Gasteiger partial charge in [0.25, 0.3) is 0 Å². The lowest BCUT2D eigenvalue weighted by atomic mass is 10.0. The van der Waals surface area contributed by atoms with Crippen LogP contribution in [0.4, 0.5) is 0 Å². The number of fused-ring (bicyclic) bond motifs is 2. The van der Waals surface area contributed by atoms with Crippen LogP contribution in [-0.4, -0.2) is 26.7 Å². The average molecular weight is 353 g/mol. The van der Waals surface area contributed by atoms with Crippen molar-refractivity contribution in [1.29, 1.82) is 0 Å². The first-order valence-corrected chi connectivity index (χ1v) is 8.96. The maximum Gasteiger partial charge on any atom is 0.224 e. The lowest BCUT2D eigenvalue weighted by Gasteiger charge is -2.16. The maximum atomic E-state index is 12.6. The lowest BCUT2D eigenvalue weighted by molar-refractivity contribution is -0.121. The summed E-state index contributed by atoms with van der Waals surface area (Å²) in [6, 6.07) is 10.0. The number of aryl methyl sites for hydroxylation is 1. The third kappa shape index (κ3) is 3.09. The van der Waals surface area contributed by atoms with Gasteiger partial charge in [-0.05, 0) is 53.3 Å². The molecule has 0 bridgehead atoms. The Bertz CT molecular complexity index is 846. The minimum Gasteiger partial charge on any atom is -0.493 e.